The van der Waals surface area contributed by atoms with Crippen molar-refractivity contribution < 1.29 is 52.2 Å². The lowest BCUT2D eigenvalue weighted by Crippen LogP contribution is -2.30. The van der Waals surface area contributed by atoms with Crippen LogP contribution in [0.2, 0.25) is 0 Å². The Labute approximate surface area is 437 Å². The normalized spacial score (nSPS) is 14.2. The zero-order chi connectivity index (χ0) is 52.7. The fraction of sp³-hybridized carbons (Fsp3) is 0.650. The topological polar surface area (TPSA) is 155 Å². The minimum atomic E-state index is -4.77. The molecule has 0 saturated carbocycles. The number of allylic oxidation sites excluding steroid dienone is 18. The van der Waals surface area contributed by atoms with Gasteiger partial charge < -0.3 is 24.2 Å². The second-order valence-electron chi connectivity index (χ2n) is 18.0. The molecule has 0 aromatic rings. The summed E-state index contributed by atoms with van der Waals surface area (Å²) in [6.45, 7) is 4.29. The van der Waals surface area contributed by atoms with Crippen molar-refractivity contribution in [2.45, 2.75) is 226 Å². The lowest BCUT2D eigenvalue weighted by Gasteiger charge is -2.21. The minimum absolute atomic E-state index is 0.119. The Kier molecular flexibility index (Phi) is 50.6. The third-order valence-corrected chi connectivity index (χ3v) is 12.1. The van der Waals surface area contributed by atoms with Gasteiger partial charge in [0.25, 0.3) is 0 Å². The molecule has 410 valence electrons. The number of ether oxygens (including phenoxy) is 3. The van der Waals surface area contributed by atoms with Crippen LogP contribution >= 0.6 is 7.82 Å². The van der Waals surface area contributed by atoms with E-state index in [1.807, 2.05) is 0 Å². The molecule has 0 rings (SSSR count). The summed E-state index contributed by atoms with van der Waals surface area (Å²) in [6, 6.07) is 0. The van der Waals surface area contributed by atoms with E-state index in [4.69, 9.17) is 23.3 Å². The number of carbonyl (C=O) groups is 3. The minimum Gasteiger partial charge on any atom is -0.462 e. The Balaban J connectivity index is 4.85. The summed E-state index contributed by atoms with van der Waals surface area (Å²) in [7, 11) is -4.77. The zero-order valence-electron chi connectivity index (χ0n) is 45.1. The number of aliphatic hydroxyl groups is 1. The molecule has 0 aliphatic heterocycles. The Morgan fingerprint density at radius 1 is 0.403 bits per heavy atom. The van der Waals surface area contributed by atoms with Crippen LogP contribution in [0.25, 0.3) is 0 Å². The molecule has 0 saturated heterocycles. The van der Waals surface area contributed by atoms with E-state index in [0.717, 1.165) is 141 Å². The third kappa shape index (κ3) is 51.1. The number of esters is 3. The van der Waals surface area contributed by atoms with Crippen LogP contribution in [-0.4, -0.2) is 66.5 Å². The van der Waals surface area contributed by atoms with Crippen molar-refractivity contribution in [2.75, 3.05) is 26.4 Å². The van der Waals surface area contributed by atoms with Crippen LogP contribution in [0.3, 0.4) is 0 Å². The molecule has 0 heterocycles. The molecule has 0 aromatic carbocycles. The van der Waals surface area contributed by atoms with Gasteiger partial charge in [0.2, 0.25) is 0 Å². The van der Waals surface area contributed by atoms with E-state index in [9.17, 15) is 28.9 Å². The van der Waals surface area contributed by atoms with E-state index in [1.165, 1.54) is 12.8 Å². The predicted molar refractivity (Wildman–Crippen MR) is 297 cm³/mol. The Hall–Kier alpha value is -3.86. The van der Waals surface area contributed by atoms with Crippen LogP contribution < -0.4 is 0 Å². The van der Waals surface area contributed by atoms with Crippen molar-refractivity contribution in [3.8, 4) is 0 Å². The van der Waals surface area contributed by atoms with Crippen LogP contribution in [0.5, 0.6) is 0 Å². The standard InChI is InChI=1S/C60H99O11P/c1-4-7-10-13-16-19-22-24-26-27-28-29-31-33-36-39-42-45-48-51-60(64)71-57(53-67-58(62)49-46-43-40-37-35-32-30-25-23-20-17-14-11-8-5-2)55-69-72(65,66)68-54-56(52-61)70-59(63)50-47-44-41-38-34-21-18-15-12-9-6-3/h7-8,10-11,15-20,24-26,28-30,33,36,56-57,61H,4-6,9,12-14,21-23,27,31-32,34-35,37-55H2,1-3H3,(H,65,66)/b10-7-,11-8-,18-15-,19-16-,20-17-,26-24-,29-28-,30-25-,36-33-. The third-order valence-electron chi connectivity index (χ3n) is 11.2. The van der Waals surface area contributed by atoms with Gasteiger partial charge in [-0.15, -0.1) is 0 Å². The number of aliphatic hydroxyl groups excluding tert-OH is 1. The van der Waals surface area contributed by atoms with E-state index in [2.05, 4.69) is 130 Å². The number of hydrogen-bond donors (Lipinski definition) is 2. The second-order valence-corrected chi connectivity index (χ2v) is 19.4. The van der Waals surface area contributed by atoms with Crippen LogP contribution in [0.4, 0.5) is 0 Å². The molecule has 0 amide bonds. The summed E-state index contributed by atoms with van der Waals surface area (Å²) in [5, 5.41) is 9.78. The highest BCUT2D eigenvalue weighted by molar-refractivity contribution is 7.47. The Morgan fingerprint density at radius 2 is 0.722 bits per heavy atom. The van der Waals surface area contributed by atoms with Gasteiger partial charge >= 0.3 is 25.7 Å². The van der Waals surface area contributed by atoms with Crippen molar-refractivity contribution in [3.63, 3.8) is 0 Å². The molecule has 0 aliphatic rings. The fourth-order valence-corrected chi connectivity index (χ4v) is 7.75. The molecular weight excluding hydrogens is 928 g/mol. The average Bonchev–Trinajstić information content (AvgIpc) is 3.37. The molecule has 2 N–H and O–H groups in total. The van der Waals surface area contributed by atoms with Crippen LogP contribution in [0.15, 0.2) is 109 Å². The summed E-state index contributed by atoms with van der Waals surface area (Å²) in [6.07, 6.45) is 63.4. The highest BCUT2D eigenvalue weighted by atomic mass is 31.2. The van der Waals surface area contributed by atoms with Crippen LogP contribution in [-0.2, 0) is 42.2 Å². The molecule has 3 atom stereocenters. The maximum atomic E-state index is 12.9. The van der Waals surface area contributed by atoms with Gasteiger partial charge in [-0.1, -0.05) is 188 Å². The van der Waals surface area contributed by atoms with Gasteiger partial charge in [-0.05, 0) is 116 Å². The number of unbranched alkanes of at least 4 members (excludes halogenated alkanes) is 15. The molecule has 12 heteroatoms. The van der Waals surface area contributed by atoms with Gasteiger partial charge in [0, 0.05) is 19.3 Å². The highest BCUT2D eigenvalue weighted by Crippen LogP contribution is 2.43. The van der Waals surface area contributed by atoms with Gasteiger partial charge in [0.15, 0.2) is 6.10 Å². The molecule has 0 aromatic heterocycles. The molecule has 72 heavy (non-hydrogen) atoms. The second kappa shape index (κ2) is 53.4. The molecule has 11 nitrogen and oxygen atoms in total. The van der Waals surface area contributed by atoms with E-state index < -0.39 is 57.8 Å². The smallest absolute Gasteiger partial charge is 0.462 e. The van der Waals surface area contributed by atoms with Gasteiger partial charge in [0.05, 0.1) is 19.8 Å². The Morgan fingerprint density at radius 3 is 1.14 bits per heavy atom. The Bertz CT molecular complexity index is 1620. The molecule has 3 unspecified atom stereocenters. The lowest BCUT2D eigenvalue weighted by atomic mass is 10.1. The predicted octanol–water partition coefficient (Wildman–Crippen LogP) is 16.2. The van der Waals surface area contributed by atoms with Crippen molar-refractivity contribution in [2.24, 2.45) is 0 Å². The molecule has 0 fully saturated rings. The van der Waals surface area contributed by atoms with Gasteiger partial charge in [-0.2, -0.15) is 0 Å². The summed E-state index contributed by atoms with van der Waals surface area (Å²) < 4.78 is 39.4. The van der Waals surface area contributed by atoms with Crippen molar-refractivity contribution in [1.29, 1.82) is 0 Å². The van der Waals surface area contributed by atoms with Crippen LogP contribution in [0.1, 0.15) is 213 Å². The van der Waals surface area contributed by atoms with Crippen molar-refractivity contribution >= 4 is 25.7 Å². The van der Waals surface area contributed by atoms with Crippen molar-refractivity contribution in [1.82, 2.24) is 0 Å². The summed E-state index contributed by atoms with van der Waals surface area (Å²) in [5.74, 6) is -1.54. The molecule has 0 radical (unpaired) electrons. The van der Waals surface area contributed by atoms with E-state index in [0.29, 0.717) is 19.3 Å². The first-order valence-corrected chi connectivity index (χ1v) is 29.3. The van der Waals surface area contributed by atoms with Crippen molar-refractivity contribution in [3.05, 3.63) is 109 Å². The monoisotopic (exact) mass is 1030 g/mol. The highest BCUT2D eigenvalue weighted by Gasteiger charge is 2.28. The van der Waals surface area contributed by atoms with Gasteiger partial charge in [-0.3, -0.25) is 23.4 Å². The van der Waals surface area contributed by atoms with Crippen LogP contribution in [0, 0.1) is 0 Å². The quantitative estimate of drug-likeness (QED) is 0.0197. The first-order valence-electron chi connectivity index (χ1n) is 27.8. The lowest BCUT2D eigenvalue weighted by molar-refractivity contribution is -0.161. The number of rotatable bonds is 50. The number of phosphoric acid groups is 1. The molecular formula is C60H99O11P. The summed E-state index contributed by atoms with van der Waals surface area (Å²) in [4.78, 5) is 48.4. The number of hydrogen-bond acceptors (Lipinski definition) is 10. The first-order chi connectivity index (χ1) is 35.2. The van der Waals surface area contributed by atoms with E-state index in [-0.39, 0.29) is 25.9 Å². The summed E-state index contributed by atoms with van der Waals surface area (Å²) >= 11 is 0. The average molecular weight is 1030 g/mol. The SMILES string of the molecule is CC/C=C\C/C=C\C/C=C\C/C=C\C/C=C\CCCCCC(=O)OC(COC(=O)CCCCCCC/C=C\C/C=C\C/C=C\CC)COP(=O)(O)OCC(CO)OC(=O)CCCCCCC/C=C\CCCC. The largest absolute Gasteiger partial charge is 0.472 e. The van der Waals surface area contributed by atoms with Gasteiger partial charge in [0.1, 0.15) is 12.7 Å². The van der Waals surface area contributed by atoms with Gasteiger partial charge in [-0.25, -0.2) is 4.57 Å². The maximum absolute atomic E-state index is 12.9. The molecule has 0 spiro atoms. The van der Waals surface area contributed by atoms with E-state index >= 15 is 0 Å². The number of carbonyl (C=O) groups excluding carboxylic acids is 3. The fourth-order valence-electron chi connectivity index (χ4n) is 6.96. The summed E-state index contributed by atoms with van der Waals surface area (Å²) in [5.41, 5.74) is 0. The number of phosphoric ester groups is 1. The molecule has 0 bridgehead atoms. The van der Waals surface area contributed by atoms with E-state index in [1.54, 1.807) is 0 Å². The first kappa shape index (κ1) is 68.1. The molecule has 0 aliphatic carbocycles. The zero-order valence-corrected chi connectivity index (χ0v) is 46.0. The maximum Gasteiger partial charge on any atom is 0.472 e.